The number of amides is 1. The number of rotatable bonds is 12. The summed E-state index contributed by atoms with van der Waals surface area (Å²) in [5.41, 5.74) is 4.02. The molecule has 0 saturated carbocycles. The van der Waals surface area contributed by atoms with Crippen molar-refractivity contribution in [3.05, 3.63) is 89.5 Å². The first kappa shape index (κ1) is 31.3. The van der Waals surface area contributed by atoms with E-state index < -0.39 is 27.3 Å². The molecule has 38 heavy (non-hydrogen) atoms. The third-order valence-electron chi connectivity index (χ3n) is 5.84. The molecule has 1 amide bonds. The number of carbonyl (C=O) groups excluding carboxylic acids is 1. The van der Waals surface area contributed by atoms with Gasteiger partial charge in [0.05, 0.1) is 23.0 Å². The molecule has 3 rings (SSSR count). The Kier molecular flexibility index (Phi) is 11.8. The maximum atomic E-state index is 12.7. The van der Waals surface area contributed by atoms with Crippen molar-refractivity contribution in [2.24, 2.45) is 0 Å². The van der Waals surface area contributed by atoms with E-state index in [0.29, 0.717) is 12.3 Å². The Bertz CT molecular complexity index is 1280. The molecule has 0 heterocycles. The van der Waals surface area contributed by atoms with Gasteiger partial charge in [-0.3, -0.25) is 4.79 Å². The van der Waals surface area contributed by atoms with E-state index in [0.717, 1.165) is 35.2 Å². The van der Waals surface area contributed by atoms with E-state index in [9.17, 15) is 18.3 Å². The zero-order valence-corrected chi connectivity index (χ0v) is 23.8. The number of nitrogens with one attached hydrogen (secondary N) is 2. The largest absolute Gasteiger partial charge is 0.490 e. The molecule has 1 atom stereocenters. The maximum absolute atomic E-state index is 12.7. The zero-order chi connectivity index (χ0) is 27.0. The van der Waals surface area contributed by atoms with Crippen molar-refractivity contribution in [2.45, 2.75) is 51.6 Å². The first-order chi connectivity index (χ1) is 17.6. The minimum absolute atomic E-state index is 0. The van der Waals surface area contributed by atoms with Crippen molar-refractivity contribution in [1.29, 1.82) is 0 Å². The summed E-state index contributed by atoms with van der Waals surface area (Å²) in [7, 11) is -3.76. The predicted octanol–water partition coefficient (Wildman–Crippen LogP) is 4.90. The average Bonchev–Trinajstić information content (AvgIpc) is 2.86. The summed E-state index contributed by atoms with van der Waals surface area (Å²) in [5, 5.41) is 12.8. The van der Waals surface area contributed by atoms with E-state index in [1.807, 2.05) is 68.4 Å². The number of benzene rings is 3. The van der Waals surface area contributed by atoms with Crippen LogP contribution in [-0.2, 0) is 16.4 Å². The molecule has 0 radical (unpaired) electrons. The zero-order valence-electron chi connectivity index (χ0n) is 22.2. The summed E-state index contributed by atoms with van der Waals surface area (Å²) in [5.74, 6) is -0.384. The van der Waals surface area contributed by atoms with Gasteiger partial charge in [0.15, 0.2) is 0 Å². The molecule has 0 bridgehead atoms. The van der Waals surface area contributed by atoms with Crippen molar-refractivity contribution in [2.75, 3.05) is 13.1 Å². The maximum Gasteiger partial charge on any atom is 0.268 e. The number of hydrogen-bond donors (Lipinski definition) is 3. The van der Waals surface area contributed by atoms with Crippen LogP contribution < -0.4 is 14.8 Å². The van der Waals surface area contributed by atoms with Crippen LogP contribution in [0.25, 0.3) is 11.1 Å². The molecule has 0 aliphatic heterocycles. The van der Waals surface area contributed by atoms with Gasteiger partial charge in [-0.2, -0.15) is 0 Å². The number of carbonyl (C=O) groups is 1. The van der Waals surface area contributed by atoms with Gasteiger partial charge in [0, 0.05) is 6.54 Å². The van der Waals surface area contributed by atoms with Gasteiger partial charge in [0.25, 0.3) is 5.91 Å². The van der Waals surface area contributed by atoms with Crippen LogP contribution in [0.4, 0.5) is 0 Å². The van der Waals surface area contributed by atoms with E-state index >= 15 is 0 Å². The summed E-state index contributed by atoms with van der Waals surface area (Å²) in [4.78, 5) is 12.7. The van der Waals surface area contributed by atoms with Crippen LogP contribution in [0.1, 0.15) is 55.3 Å². The predicted molar refractivity (Wildman–Crippen MR) is 154 cm³/mol. The number of sulfonamides is 1. The summed E-state index contributed by atoms with van der Waals surface area (Å²) in [6.45, 7) is 7.94. The van der Waals surface area contributed by atoms with Gasteiger partial charge >= 0.3 is 0 Å². The summed E-state index contributed by atoms with van der Waals surface area (Å²) in [6.07, 6.45) is 0.0765. The molecule has 9 heteroatoms. The molecule has 0 aliphatic carbocycles. The second-order valence-corrected chi connectivity index (χ2v) is 11.7. The van der Waals surface area contributed by atoms with Crippen molar-refractivity contribution in [3.63, 3.8) is 0 Å². The third kappa shape index (κ3) is 8.84. The van der Waals surface area contributed by atoms with Crippen LogP contribution in [-0.4, -0.2) is 43.9 Å². The van der Waals surface area contributed by atoms with Crippen LogP contribution in [0.3, 0.4) is 0 Å². The molecular weight excluding hydrogens is 524 g/mol. The van der Waals surface area contributed by atoms with Crippen LogP contribution >= 0.6 is 12.4 Å². The van der Waals surface area contributed by atoms with Crippen molar-refractivity contribution >= 4 is 28.3 Å². The Morgan fingerprint density at radius 1 is 0.921 bits per heavy atom. The first-order valence-electron chi connectivity index (χ1n) is 12.5. The fourth-order valence-electron chi connectivity index (χ4n) is 3.67. The summed E-state index contributed by atoms with van der Waals surface area (Å²) >= 11 is 0. The van der Waals surface area contributed by atoms with E-state index in [4.69, 9.17) is 4.74 Å². The van der Waals surface area contributed by atoms with Crippen LogP contribution in [0.15, 0.2) is 72.8 Å². The Morgan fingerprint density at radius 3 is 2.16 bits per heavy atom. The highest BCUT2D eigenvalue weighted by Gasteiger charge is 2.23. The molecule has 7 nitrogen and oxygen atoms in total. The second-order valence-electron chi connectivity index (χ2n) is 9.48. The smallest absolute Gasteiger partial charge is 0.268 e. The standard InChI is InChI=1S/C29H36N2O5S.ClH/c1-20(2)36-28-18-25(14-15-26(28)29(33)31-37(34,35)21(3)4)23-12-10-22(11-13-23)16-17-30-19-27(32)24-8-6-5-7-9-24;/h5-15,18,20-21,27,30,32H,16-17,19H2,1-4H3,(H,31,33);1H/t27-;/m0./s1. The number of hydrogen-bond acceptors (Lipinski definition) is 6. The lowest BCUT2D eigenvalue weighted by atomic mass is 10.0. The van der Waals surface area contributed by atoms with E-state index in [1.165, 1.54) is 13.8 Å². The molecule has 3 aromatic rings. The van der Waals surface area contributed by atoms with Crippen molar-refractivity contribution in [3.8, 4) is 16.9 Å². The molecule has 0 aliphatic rings. The fraction of sp³-hybridized carbons (Fsp3) is 0.345. The van der Waals surface area contributed by atoms with Crippen LogP contribution in [0.5, 0.6) is 5.75 Å². The molecule has 3 aromatic carbocycles. The van der Waals surface area contributed by atoms with Gasteiger partial charge in [-0.1, -0.05) is 60.7 Å². The van der Waals surface area contributed by atoms with E-state index in [-0.39, 0.29) is 24.1 Å². The molecule has 206 valence electrons. The van der Waals surface area contributed by atoms with E-state index in [2.05, 4.69) is 10.0 Å². The number of halogens is 1. The highest BCUT2D eigenvalue weighted by Crippen LogP contribution is 2.29. The molecule has 0 fully saturated rings. The molecule has 0 unspecified atom stereocenters. The highest BCUT2D eigenvalue weighted by atomic mass is 35.5. The first-order valence-corrected chi connectivity index (χ1v) is 14.0. The van der Waals surface area contributed by atoms with Gasteiger partial charge in [0.1, 0.15) is 5.75 Å². The molecular formula is C29H37ClN2O5S. The normalized spacial score (nSPS) is 12.2. The van der Waals surface area contributed by atoms with Gasteiger partial charge in [-0.05, 0) is 75.0 Å². The lowest BCUT2D eigenvalue weighted by molar-refractivity contribution is 0.0975. The number of aliphatic hydroxyl groups is 1. The summed E-state index contributed by atoms with van der Waals surface area (Å²) in [6, 6.07) is 22.8. The minimum Gasteiger partial charge on any atom is -0.490 e. The number of ether oxygens (including phenoxy) is 1. The van der Waals surface area contributed by atoms with Gasteiger partial charge in [-0.25, -0.2) is 13.1 Å². The van der Waals surface area contributed by atoms with Gasteiger partial charge < -0.3 is 15.2 Å². The second kappa shape index (κ2) is 14.3. The molecule has 0 spiro atoms. The van der Waals surface area contributed by atoms with Gasteiger partial charge in [0.2, 0.25) is 10.0 Å². The average molecular weight is 561 g/mol. The number of aliphatic hydroxyl groups excluding tert-OH is 1. The molecule has 0 aromatic heterocycles. The monoisotopic (exact) mass is 560 g/mol. The highest BCUT2D eigenvalue weighted by molar-refractivity contribution is 7.90. The lowest BCUT2D eigenvalue weighted by Crippen LogP contribution is -2.36. The summed E-state index contributed by atoms with van der Waals surface area (Å²) < 4.78 is 32.3. The van der Waals surface area contributed by atoms with E-state index in [1.54, 1.807) is 18.2 Å². The quantitative estimate of drug-likeness (QED) is 0.272. The SMILES string of the molecule is CC(C)Oc1cc(-c2ccc(CCNC[C@H](O)c3ccccc3)cc2)ccc1C(=O)NS(=O)(=O)C(C)C.Cl. The Morgan fingerprint density at radius 2 is 1.55 bits per heavy atom. The van der Waals surface area contributed by atoms with Gasteiger partial charge in [-0.15, -0.1) is 12.4 Å². The topological polar surface area (TPSA) is 105 Å². The van der Waals surface area contributed by atoms with Crippen molar-refractivity contribution in [1.82, 2.24) is 10.0 Å². The Hall–Kier alpha value is -2.91. The van der Waals surface area contributed by atoms with Crippen molar-refractivity contribution < 1.29 is 23.1 Å². The Balaban J connectivity index is 0.00000507. The minimum atomic E-state index is -3.76. The Labute approximate surface area is 232 Å². The van der Waals surface area contributed by atoms with Crippen LogP contribution in [0, 0.1) is 0 Å². The lowest BCUT2D eigenvalue weighted by Gasteiger charge is -2.17. The molecule has 3 N–H and O–H groups in total. The van der Waals surface area contributed by atoms with Crippen LogP contribution in [0.2, 0.25) is 0 Å². The molecule has 0 saturated heterocycles. The third-order valence-corrected chi connectivity index (χ3v) is 7.56. The fourth-order valence-corrected chi connectivity index (χ4v) is 4.28.